The fourth-order valence-corrected chi connectivity index (χ4v) is 2.45. The molecule has 0 amide bonds. The summed E-state index contributed by atoms with van der Waals surface area (Å²) in [6.07, 6.45) is -1.39. The van der Waals surface area contributed by atoms with Crippen LogP contribution in [-0.4, -0.2) is 49.3 Å². The van der Waals surface area contributed by atoms with Gasteiger partial charge in [-0.3, -0.25) is 14.3 Å². The second kappa shape index (κ2) is 5.85. The Balaban J connectivity index is 2.50. The Hall–Kier alpha value is -1.26. The zero-order valence-corrected chi connectivity index (χ0v) is 12.6. The van der Waals surface area contributed by atoms with Gasteiger partial charge < -0.3 is 20.1 Å². The minimum atomic E-state index is -1.42. The molecule has 4 atom stereocenters. The maximum atomic E-state index is 11.9. The maximum Gasteiger partial charge on any atom is 0.330 e. The molecule has 4 N–H and O–H groups in total. The van der Waals surface area contributed by atoms with Gasteiger partial charge in [0.15, 0.2) is 6.23 Å². The largest absolute Gasteiger partial charge is 0.393 e. The zero-order chi connectivity index (χ0) is 15.8. The Morgan fingerprint density at radius 1 is 1.52 bits per heavy atom. The molecule has 0 radical (unpaired) electrons. The first-order valence-electron chi connectivity index (χ1n) is 6.11. The van der Waals surface area contributed by atoms with Crippen LogP contribution in [0.4, 0.5) is 0 Å². The van der Waals surface area contributed by atoms with E-state index in [1.807, 2.05) is 0 Å². The summed E-state index contributed by atoms with van der Waals surface area (Å²) in [7, 11) is 0. The molecular formula is C12H15BrN2O6. The normalized spacial score (nSPS) is 32.9. The summed E-state index contributed by atoms with van der Waals surface area (Å²) >= 11 is 3.02. The topological polar surface area (TPSA) is 125 Å². The predicted molar refractivity (Wildman–Crippen MR) is 76.9 cm³/mol. The Morgan fingerprint density at radius 3 is 2.71 bits per heavy atom. The molecule has 8 nitrogen and oxygen atoms in total. The molecule has 0 spiro atoms. The highest BCUT2D eigenvalue weighted by Crippen LogP contribution is 2.35. The first-order valence-corrected chi connectivity index (χ1v) is 7.02. The van der Waals surface area contributed by atoms with Crippen molar-refractivity contribution >= 4 is 22.0 Å². The van der Waals surface area contributed by atoms with Crippen molar-refractivity contribution in [2.75, 3.05) is 6.61 Å². The fourth-order valence-electron chi connectivity index (χ4n) is 2.16. The summed E-state index contributed by atoms with van der Waals surface area (Å²) in [5.74, 6) is 0. The van der Waals surface area contributed by atoms with Gasteiger partial charge in [-0.25, -0.2) is 4.79 Å². The lowest BCUT2D eigenvalue weighted by atomic mass is 9.99. The molecule has 0 aliphatic carbocycles. The molecule has 1 saturated heterocycles. The average Bonchev–Trinajstić information content (AvgIpc) is 2.67. The third kappa shape index (κ3) is 2.74. The highest BCUT2D eigenvalue weighted by Gasteiger charge is 2.51. The van der Waals surface area contributed by atoms with E-state index in [4.69, 9.17) is 4.74 Å². The van der Waals surface area contributed by atoms with Crippen LogP contribution < -0.4 is 11.2 Å². The van der Waals surface area contributed by atoms with Crippen LogP contribution in [-0.2, 0) is 4.74 Å². The smallest absolute Gasteiger partial charge is 0.330 e. The summed E-state index contributed by atoms with van der Waals surface area (Å²) < 4.78 is 6.39. The highest BCUT2D eigenvalue weighted by atomic mass is 79.9. The molecule has 1 unspecified atom stereocenters. The van der Waals surface area contributed by atoms with Gasteiger partial charge in [0.05, 0.1) is 12.2 Å². The standard InChI is InChI=1S/C12H15BrN2O6/c1-12(5-16)8(18)7(17)10(21-12)15-4-6(2-3-13)9(19)14-11(15)20/h2-4,7-8,10,16-18H,5H2,1H3,(H,14,19,20)/b3-2+/t7-,8-,10+,12?/m0/s1. The van der Waals surface area contributed by atoms with Crippen LogP contribution in [0.15, 0.2) is 20.8 Å². The van der Waals surface area contributed by atoms with Gasteiger partial charge in [0.1, 0.15) is 17.8 Å². The van der Waals surface area contributed by atoms with Gasteiger partial charge in [0.2, 0.25) is 0 Å². The van der Waals surface area contributed by atoms with Gasteiger partial charge in [-0.15, -0.1) is 0 Å². The number of rotatable bonds is 3. The number of aromatic nitrogens is 2. The SMILES string of the molecule is CC1(CO)O[C@@H](n2cc(/C=C/Br)c(=O)[nH]c2=O)[C@@H](O)[C@@H]1O. The van der Waals surface area contributed by atoms with E-state index in [9.17, 15) is 24.9 Å². The van der Waals surface area contributed by atoms with Crippen LogP contribution in [0, 0.1) is 0 Å². The monoisotopic (exact) mass is 362 g/mol. The molecule has 0 aromatic carbocycles. The van der Waals surface area contributed by atoms with Gasteiger partial charge in [0, 0.05) is 6.20 Å². The van der Waals surface area contributed by atoms with E-state index in [2.05, 4.69) is 20.9 Å². The minimum Gasteiger partial charge on any atom is -0.393 e. The first kappa shape index (κ1) is 16.1. The number of aliphatic hydroxyl groups is 3. The molecule has 21 heavy (non-hydrogen) atoms. The number of nitrogens with one attached hydrogen (secondary N) is 1. The third-order valence-electron chi connectivity index (χ3n) is 3.46. The van der Waals surface area contributed by atoms with Crippen LogP contribution >= 0.6 is 15.9 Å². The van der Waals surface area contributed by atoms with Crippen molar-refractivity contribution in [1.29, 1.82) is 0 Å². The number of H-pyrrole nitrogens is 1. The third-order valence-corrected chi connectivity index (χ3v) is 3.72. The molecule has 1 fully saturated rings. The summed E-state index contributed by atoms with van der Waals surface area (Å²) in [5.41, 5.74) is -2.62. The maximum absolute atomic E-state index is 11.9. The lowest BCUT2D eigenvalue weighted by Gasteiger charge is -2.24. The summed E-state index contributed by atoms with van der Waals surface area (Å²) in [4.78, 5) is 27.0. The number of aliphatic hydroxyl groups excluding tert-OH is 3. The van der Waals surface area contributed by atoms with E-state index < -0.39 is 41.9 Å². The highest BCUT2D eigenvalue weighted by molar-refractivity contribution is 9.11. The van der Waals surface area contributed by atoms with Crippen molar-refractivity contribution in [3.05, 3.63) is 37.6 Å². The molecule has 1 aromatic rings. The molecule has 1 aliphatic rings. The molecule has 116 valence electrons. The Kier molecular flexibility index (Phi) is 4.49. The first-order chi connectivity index (χ1) is 9.84. The minimum absolute atomic E-state index is 0.161. The number of aromatic amines is 1. The van der Waals surface area contributed by atoms with E-state index in [0.717, 1.165) is 4.57 Å². The van der Waals surface area contributed by atoms with Crippen LogP contribution in [0.25, 0.3) is 6.08 Å². The Labute approximate surface area is 127 Å². The number of ether oxygens (including phenoxy) is 1. The molecule has 1 aromatic heterocycles. The Bertz CT molecular complexity index is 668. The van der Waals surface area contributed by atoms with Crippen molar-refractivity contribution in [3.63, 3.8) is 0 Å². The van der Waals surface area contributed by atoms with Gasteiger partial charge >= 0.3 is 5.69 Å². The lowest BCUT2D eigenvalue weighted by molar-refractivity contribution is -0.117. The van der Waals surface area contributed by atoms with Crippen molar-refractivity contribution in [2.45, 2.75) is 31.0 Å². The zero-order valence-electron chi connectivity index (χ0n) is 11.1. The van der Waals surface area contributed by atoms with Crippen molar-refractivity contribution in [1.82, 2.24) is 9.55 Å². The van der Waals surface area contributed by atoms with Gasteiger partial charge in [-0.2, -0.15) is 0 Å². The summed E-state index contributed by atoms with van der Waals surface area (Å²) in [5, 5.41) is 29.2. The van der Waals surface area contributed by atoms with Gasteiger partial charge in [0.25, 0.3) is 5.56 Å². The van der Waals surface area contributed by atoms with E-state index >= 15 is 0 Å². The molecule has 1 aliphatic heterocycles. The predicted octanol–water partition coefficient (Wildman–Crippen LogP) is -1.10. The van der Waals surface area contributed by atoms with Gasteiger partial charge in [-0.05, 0) is 18.0 Å². The van der Waals surface area contributed by atoms with Crippen LogP contribution in [0.3, 0.4) is 0 Å². The van der Waals surface area contributed by atoms with Crippen LogP contribution in [0.1, 0.15) is 18.7 Å². The number of nitrogens with zero attached hydrogens (tertiary/aromatic N) is 1. The average molecular weight is 363 g/mol. The van der Waals surface area contributed by atoms with E-state index in [-0.39, 0.29) is 5.56 Å². The summed E-state index contributed by atoms with van der Waals surface area (Å²) in [6, 6.07) is 0. The number of hydrogen-bond donors (Lipinski definition) is 4. The fraction of sp³-hybridized carbons (Fsp3) is 0.500. The quantitative estimate of drug-likeness (QED) is 0.541. The van der Waals surface area contributed by atoms with E-state index in [1.54, 1.807) is 0 Å². The second-order valence-electron chi connectivity index (χ2n) is 4.96. The number of halogens is 1. The number of hydrogen-bond acceptors (Lipinski definition) is 6. The van der Waals surface area contributed by atoms with Crippen molar-refractivity contribution in [3.8, 4) is 0 Å². The Morgan fingerprint density at radius 2 is 2.19 bits per heavy atom. The van der Waals surface area contributed by atoms with Crippen molar-refractivity contribution < 1.29 is 20.1 Å². The van der Waals surface area contributed by atoms with Gasteiger partial charge in [-0.1, -0.05) is 15.9 Å². The molecule has 2 heterocycles. The van der Waals surface area contributed by atoms with Crippen LogP contribution in [0.2, 0.25) is 0 Å². The summed E-state index contributed by atoms with van der Waals surface area (Å²) in [6.45, 7) is 0.880. The molecular weight excluding hydrogens is 348 g/mol. The lowest BCUT2D eigenvalue weighted by Crippen LogP contribution is -2.43. The molecule has 0 bridgehead atoms. The van der Waals surface area contributed by atoms with Crippen LogP contribution in [0.5, 0.6) is 0 Å². The van der Waals surface area contributed by atoms with E-state index in [1.165, 1.54) is 24.2 Å². The molecule has 0 saturated carbocycles. The molecule has 9 heteroatoms. The van der Waals surface area contributed by atoms with Crippen molar-refractivity contribution in [2.24, 2.45) is 0 Å². The second-order valence-corrected chi connectivity index (χ2v) is 5.49. The van der Waals surface area contributed by atoms with E-state index in [0.29, 0.717) is 0 Å². The molecule has 2 rings (SSSR count).